The summed E-state index contributed by atoms with van der Waals surface area (Å²) in [6, 6.07) is 10.5. The topological polar surface area (TPSA) is 12.0 Å². The summed E-state index contributed by atoms with van der Waals surface area (Å²) in [5.41, 5.74) is 0.529. The Balaban J connectivity index is 2.41. The molecule has 2 aromatic carbocycles. The van der Waals surface area contributed by atoms with Crippen molar-refractivity contribution in [3.63, 3.8) is 0 Å². The quantitative estimate of drug-likeness (QED) is 0.817. The van der Waals surface area contributed by atoms with Gasteiger partial charge in [0, 0.05) is 0 Å². The number of hydrogen-bond donors (Lipinski definition) is 1. The van der Waals surface area contributed by atoms with Crippen molar-refractivity contribution >= 4 is 0 Å². The molecule has 0 heterocycles. The molecule has 112 valence electrons. The Morgan fingerprint density at radius 2 is 1.67 bits per heavy atom. The number of alkyl halides is 3. The molecule has 0 saturated carbocycles. The van der Waals surface area contributed by atoms with Crippen LogP contribution in [0, 0.1) is 5.82 Å². The third-order valence-corrected chi connectivity index (χ3v) is 3.16. The normalized spacial score (nSPS) is 13.2. The zero-order valence-corrected chi connectivity index (χ0v) is 11.4. The molecule has 2 rings (SSSR count). The minimum absolute atomic E-state index is 0.377. The van der Waals surface area contributed by atoms with Crippen molar-refractivity contribution in [2.75, 3.05) is 6.54 Å². The van der Waals surface area contributed by atoms with Crippen molar-refractivity contribution in [3.8, 4) is 0 Å². The van der Waals surface area contributed by atoms with Gasteiger partial charge in [-0.3, -0.25) is 0 Å². The van der Waals surface area contributed by atoms with Gasteiger partial charge in [-0.15, -0.1) is 0 Å². The largest absolute Gasteiger partial charge is 0.416 e. The Morgan fingerprint density at radius 1 is 1.00 bits per heavy atom. The molecule has 5 heteroatoms. The first-order chi connectivity index (χ1) is 9.91. The van der Waals surface area contributed by atoms with Crippen LogP contribution in [-0.2, 0) is 6.18 Å². The second kappa shape index (κ2) is 6.26. The van der Waals surface area contributed by atoms with Gasteiger partial charge in [-0.25, -0.2) is 4.39 Å². The molecule has 0 amide bonds. The van der Waals surface area contributed by atoms with Gasteiger partial charge in [0.05, 0.1) is 11.6 Å². The highest BCUT2D eigenvalue weighted by molar-refractivity contribution is 5.35. The maximum Gasteiger partial charge on any atom is 0.416 e. The van der Waals surface area contributed by atoms with Gasteiger partial charge in [0.15, 0.2) is 0 Å². The molecule has 0 aliphatic heterocycles. The van der Waals surface area contributed by atoms with Crippen LogP contribution in [-0.4, -0.2) is 6.54 Å². The van der Waals surface area contributed by atoms with Gasteiger partial charge in [0.25, 0.3) is 0 Å². The summed E-state index contributed by atoms with van der Waals surface area (Å²) < 4.78 is 51.4. The van der Waals surface area contributed by atoms with Crippen LogP contribution in [0.2, 0.25) is 0 Å². The van der Waals surface area contributed by atoms with Crippen LogP contribution in [0.5, 0.6) is 0 Å². The third kappa shape index (κ3) is 3.82. The van der Waals surface area contributed by atoms with Gasteiger partial charge in [0.2, 0.25) is 0 Å². The van der Waals surface area contributed by atoms with Crippen molar-refractivity contribution in [1.82, 2.24) is 5.32 Å². The molecule has 1 nitrogen and oxygen atoms in total. The van der Waals surface area contributed by atoms with E-state index in [-0.39, 0.29) is 5.82 Å². The number of rotatable bonds is 4. The first-order valence-corrected chi connectivity index (χ1v) is 6.58. The smallest absolute Gasteiger partial charge is 0.307 e. The molecule has 1 unspecified atom stereocenters. The standard InChI is InChI=1S/C16H15F4N/c1-2-21-15(11-6-8-14(17)9-7-11)12-4-3-5-13(10-12)16(18,19)20/h3-10,15,21H,2H2,1H3. The monoisotopic (exact) mass is 297 g/mol. The second-order valence-electron chi connectivity index (χ2n) is 4.67. The third-order valence-electron chi connectivity index (χ3n) is 3.16. The van der Waals surface area contributed by atoms with Crippen molar-refractivity contribution in [1.29, 1.82) is 0 Å². The van der Waals surface area contributed by atoms with E-state index in [2.05, 4.69) is 5.32 Å². The molecule has 0 fully saturated rings. The molecule has 0 radical (unpaired) electrons. The van der Waals surface area contributed by atoms with E-state index < -0.39 is 17.8 Å². The lowest BCUT2D eigenvalue weighted by atomic mass is 9.97. The first-order valence-electron chi connectivity index (χ1n) is 6.58. The highest BCUT2D eigenvalue weighted by atomic mass is 19.4. The summed E-state index contributed by atoms with van der Waals surface area (Å²) in [6.45, 7) is 2.45. The van der Waals surface area contributed by atoms with Gasteiger partial charge >= 0.3 is 6.18 Å². The SMILES string of the molecule is CCNC(c1ccc(F)cc1)c1cccc(C(F)(F)F)c1. The number of nitrogens with one attached hydrogen (secondary N) is 1. The van der Waals surface area contributed by atoms with Gasteiger partial charge in [-0.1, -0.05) is 31.2 Å². The zero-order valence-electron chi connectivity index (χ0n) is 11.4. The highest BCUT2D eigenvalue weighted by Gasteiger charge is 2.31. The molecule has 2 aromatic rings. The van der Waals surface area contributed by atoms with E-state index in [4.69, 9.17) is 0 Å². The van der Waals surface area contributed by atoms with E-state index in [9.17, 15) is 17.6 Å². The average Bonchev–Trinajstić information content (AvgIpc) is 2.45. The lowest BCUT2D eigenvalue weighted by Gasteiger charge is -2.20. The van der Waals surface area contributed by atoms with E-state index >= 15 is 0 Å². The maximum absolute atomic E-state index is 13.0. The summed E-state index contributed by atoms with van der Waals surface area (Å²) in [4.78, 5) is 0. The maximum atomic E-state index is 13.0. The number of hydrogen-bond acceptors (Lipinski definition) is 1. The van der Waals surface area contributed by atoms with Gasteiger partial charge < -0.3 is 5.32 Å². The average molecular weight is 297 g/mol. The van der Waals surface area contributed by atoms with Crippen LogP contribution >= 0.6 is 0 Å². The van der Waals surface area contributed by atoms with Crippen molar-refractivity contribution in [2.24, 2.45) is 0 Å². The van der Waals surface area contributed by atoms with Gasteiger partial charge in [0.1, 0.15) is 5.82 Å². The van der Waals surface area contributed by atoms with Crippen LogP contribution in [0.1, 0.15) is 29.7 Å². The molecule has 1 atom stereocenters. The fourth-order valence-electron chi connectivity index (χ4n) is 2.18. The van der Waals surface area contributed by atoms with E-state index in [0.29, 0.717) is 12.1 Å². The lowest BCUT2D eigenvalue weighted by molar-refractivity contribution is -0.137. The van der Waals surface area contributed by atoms with Crippen molar-refractivity contribution in [2.45, 2.75) is 19.1 Å². The molecule has 0 bridgehead atoms. The molecule has 0 aliphatic carbocycles. The fraction of sp³-hybridized carbons (Fsp3) is 0.250. The van der Waals surface area contributed by atoms with Crippen molar-refractivity contribution < 1.29 is 17.6 Å². The van der Waals surface area contributed by atoms with E-state index in [0.717, 1.165) is 17.7 Å². The molecule has 0 aromatic heterocycles. The lowest BCUT2D eigenvalue weighted by Crippen LogP contribution is -2.22. The van der Waals surface area contributed by atoms with Crippen LogP contribution in [0.25, 0.3) is 0 Å². The number of benzene rings is 2. The van der Waals surface area contributed by atoms with Crippen molar-refractivity contribution in [3.05, 3.63) is 71.0 Å². The summed E-state index contributed by atoms with van der Waals surface area (Å²) in [5, 5.41) is 3.12. The second-order valence-corrected chi connectivity index (χ2v) is 4.67. The van der Waals surface area contributed by atoms with Crippen LogP contribution in [0.15, 0.2) is 48.5 Å². The minimum atomic E-state index is -4.38. The Morgan fingerprint density at radius 3 is 2.24 bits per heavy atom. The summed E-state index contributed by atoms with van der Waals surface area (Å²) in [5.74, 6) is -0.377. The van der Waals surface area contributed by atoms with Gasteiger partial charge in [-0.2, -0.15) is 13.2 Å². The van der Waals surface area contributed by atoms with Crippen LogP contribution in [0.3, 0.4) is 0 Å². The predicted molar refractivity (Wildman–Crippen MR) is 73.4 cm³/mol. The first kappa shape index (κ1) is 15.5. The minimum Gasteiger partial charge on any atom is -0.307 e. The molecule has 0 saturated heterocycles. The molecule has 1 N–H and O–H groups in total. The fourth-order valence-corrected chi connectivity index (χ4v) is 2.18. The van der Waals surface area contributed by atoms with E-state index in [1.54, 1.807) is 18.2 Å². The number of halogens is 4. The molecular weight excluding hydrogens is 282 g/mol. The van der Waals surface area contributed by atoms with Gasteiger partial charge in [-0.05, 0) is 41.9 Å². The molecular formula is C16H15F4N. The highest BCUT2D eigenvalue weighted by Crippen LogP contribution is 2.32. The Labute approximate surface area is 120 Å². The van der Waals surface area contributed by atoms with Crippen LogP contribution < -0.4 is 5.32 Å². The van der Waals surface area contributed by atoms with E-state index in [1.807, 2.05) is 6.92 Å². The summed E-state index contributed by atoms with van der Waals surface area (Å²) >= 11 is 0. The Bertz CT molecular complexity index is 590. The molecule has 0 aliphatic rings. The van der Waals surface area contributed by atoms with E-state index in [1.165, 1.54) is 18.2 Å². The Kier molecular flexibility index (Phi) is 4.63. The summed E-state index contributed by atoms with van der Waals surface area (Å²) in [6.07, 6.45) is -4.38. The van der Waals surface area contributed by atoms with Crippen LogP contribution in [0.4, 0.5) is 17.6 Å². The molecule has 21 heavy (non-hydrogen) atoms. The summed E-state index contributed by atoms with van der Waals surface area (Å²) in [7, 11) is 0. The predicted octanol–water partition coefficient (Wildman–Crippen LogP) is 4.54. The zero-order chi connectivity index (χ0) is 15.5. The Hall–Kier alpha value is -1.88. The molecule has 0 spiro atoms.